The van der Waals surface area contributed by atoms with Crippen LogP contribution in [0, 0.1) is 5.92 Å². The highest BCUT2D eigenvalue weighted by Crippen LogP contribution is 2.24. The van der Waals surface area contributed by atoms with E-state index in [0.29, 0.717) is 0 Å². The van der Waals surface area contributed by atoms with E-state index in [-0.39, 0.29) is 6.04 Å². The second kappa shape index (κ2) is 8.46. The van der Waals surface area contributed by atoms with Gasteiger partial charge in [-0.15, -0.1) is 0 Å². The van der Waals surface area contributed by atoms with Crippen LogP contribution in [0.2, 0.25) is 0 Å². The average molecular weight is 279 g/mol. The molecule has 2 unspecified atom stereocenters. The third kappa shape index (κ3) is 4.08. The third-order valence-corrected chi connectivity index (χ3v) is 4.27. The van der Waals surface area contributed by atoms with Crippen molar-refractivity contribution in [2.75, 3.05) is 0 Å². The minimum Gasteiger partial charge on any atom is -0.324 e. The molecule has 0 bridgehead atoms. The van der Waals surface area contributed by atoms with Crippen molar-refractivity contribution in [1.82, 2.24) is 9.78 Å². The summed E-state index contributed by atoms with van der Waals surface area (Å²) in [6.07, 6.45) is 7.14. The maximum Gasteiger partial charge on any atom is 0.0672 e. The number of rotatable bonds is 9. The van der Waals surface area contributed by atoms with Gasteiger partial charge in [0, 0.05) is 23.8 Å². The maximum absolute atomic E-state index is 6.17. The smallest absolute Gasteiger partial charge is 0.0672 e. The molecule has 3 heteroatoms. The lowest BCUT2D eigenvalue weighted by molar-refractivity contribution is 0.365. The number of nitrogens with two attached hydrogens (primary N) is 1. The van der Waals surface area contributed by atoms with Crippen molar-refractivity contribution in [3.8, 4) is 0 Å². The van der Waals surface area contributed by atoms with Crippen molar-refractivity contribution >= 4 is 0 Å². The number of aromatic nitrogens is 2. The summed E-state index contributed by atoms with van der Waals surface area (Å²) in [5, 5.41) is 4.85. The molecule has 0 aliphatic carbocycles. The lowest BCUT2D eigenvalue weighted by atomic mass is 9.99. The SMILES string of the molecule is CCCCC(CC)Cn1nc(CC)c(C(C)N)c1CC. The van der Waals surface area contributed by atoms with E-state index >= 15 is 0 Å². The van der Waals surface area contributed by atoms with Crippen LogP contribution in [0.15, 0.2) is 0 Å². The Morgan fingerprint density at radius 1 is 1.15 bits per heavy atom. The van der Waals surface area contributed by atoms with Gasteiger partial charge >= 0.3 is 0 Å². The largest absolute Gasteiger partial charge is 0.324 e. The molecular weight excluding hydrogens is 246 g/mol. The summed E-state index contributed by atoms with van der Waals surface area (Å²) in [6.45, 7) is 12.1. The Hall–Kier alpha value is -0.830. The Bertz CT molecular complexity index is 393. The monoisotopic (exact) mass is 279 g/mol. The van der Waals surface area contributed by atoms with Gasteiger partial charge in [-0.2, -0.15) is 5.10 Å². The standard InChI is InChI=1S/C17H33N3/c1-6-10-11-14(7-2)12-20-16(9-4)17(13(5)18)15(8-3)19-20/h13-14H,6-12,18H2,1-5H3. The van der Waals surface area contributed by atoms with Crippen LogP contribution in [0.1, 0.15) is 83.3 Å². The summed E-state index contributed by atoms with van der Waals surface area (Å²) in [5.41, 5.74) is 10.0. The van der Waals surface area contributed by atoms with Crippen molar-refractivity contribution in [2.45, 2.75) is 85.7 Å². The fourth-order valence-corrected chi connectivity index (χ4v) is 3.04. The topological polar surface area (TPSA) is 43.8 Å². The number of aryl methyl sites for hydroxylation is 1. The Morgan fingerprint density at radius 3 is 2.30 bits per heavy atom. The molecule has 0 saturated heterocycles. The molecule has 1 aromatic heterocycles. The molecule has 2 atom stereocenters. The third-order valence-electron chi connectivity index (χ3n) is 4.27. The minimum absolute atomic E-state index is 0.0874. The van der Waals surface area contributed by atoms with Crippen LogP contribution in [0.4, 0.5) is 0 Å². The van der Waals surface area contributed by atoms with Gasteiger partial charge < -0.3 is 5.73 Å². The quantitative estimate of drug-likeness (QED) is 0.734. The molecule has 0 aromatic carbocycles. The molecule has 116 valence electrons. The van der Waals surface area contributed by atoms with E-state index in [1.54, 1.807) is 0 Å². The molecule has 1 heterocycles. The predicted octanol–water partition coefficient (Wildman–Crippen LogP) is 4.24. The number of nitrogens with zero attached hydrogens (tertiary/aromatic N) is 2. The molecule has 1 rings (SSSR count). The zero-order valence-corrected chi connectivity index (χ0v) is 14.1. The Labute approximate surface area is 124 Å². The number of unbranched alkanes of at least 4 members (excludes halogenated alkanes) is 1. The van der Waals surface area contributed by atoms with E-state index in [2.05, 4.69) is 39.3 Å². The van der Waals surface area contributed by atoms with E-state index in [0.717, 1.165) is 25.3 Å². The molecule has 0 amide bonds. The van der Waals surface area contributed by atoms with Crippen molar-refractivity contribution in [3.05, 3.63) is 17.0 Å². The van der Waals surface area contributed by atoms with Crippen molar-refractivity contribution in [1.29, 1.82) is 0 Å². The van der Waals surface area contributed by atoms with Gasteiger partial charge in [0.1, 0.15) is 0 Å². The zero-order valence-electron chi connectivity index (χ0n) is 14.1. The highest BCUT2D eigenvalue weighted by molar-refractivity contribution is 5.29. The first-order chi connectivity index (χ1) is 9.58. The van der Waals surface area contributed by atoms with E-state index in [9.17, 15) is 0 Å². The van der Waals surface area contributed by atoms with Crippen molar-refractivity contribution in [3.63, 3.8) is 0 Å². The lowest BCUT2D eigenvalue weighted by Gasteiger charge is -2.17. The minimum atomic E-state index is 0.0874. The molecule has 0 fully saturated rings. The first kappa shape index (κ1) is 17.2. The van der Waals surface area contributed by atoms with Crippen LogP contribution in [-0.2, 0) is 19.4 Å². The number of hydrogen-bond donors (Lipinski definition) is 1. The molecule has 0 radical (unpaired) electrons. The number of hydrogen-bond acceptors (Lipinski definition) is 2. The molecule has 0 aliphatic rings. The molecule has 20 heavy (non-hydrogen) atoms. The van der Waals surface area contributed by atoms with Gasteiger partial charge in [-0.1, -0.05) is 47.0 Å². The summed E-state index contributed by atoms with van der Waals surface area (Å²) < 4.78 is 2.25. The van der Waals surface area contributed by atoms with E-state index in [4.69, 9.17) is 10.8 Å². The Kier molecular flexibility index (Phi) is 7.28. The van der Waals surface area contributed by atoms with E-state index in [1.807, 2.05) is 0 Å². The predicted molar refractivity (Wildman–Crippen MR) is 86.9 cm³/mol. The molecule has 0 saturated carbocycles. The normalized spacial score (nSPS) is 14.5. The van der Waals surface area contributed by atoms with Gasteiger partial charge in [0.25, 0.3) is 0 Å². The van der Waals surface area contributed by atoms with Crippen LogP contribution in [0.3, 0.4) is 0 Å². The van der Waals surface area contributed by atoms with E-state index in [1.165, 1.54) is 42.6 Å². The van der Waals surface area contributed by atoms with Crippen LogP contribution in [0.25, 0.3) is 0 Å². The van der Waals surface area contributed by atoms with E-state index < -0.39 is 0 Å². The summed E-state index contributed by atoms with van der Waals surface area (Å²) >= 11 is 0. The maximum atomic E-state index is 6.17. The van der Waals surface area contributed by atoms with Gasteiger partial charge in [-0.05, 0) is 32.1 Å². The zero-order chi connectivity index (χ0) is 15.1. The summed E-state index contributed by atoms with van der Waals surface area (Å²) in [6, 6.07) is 0.0874. The molecular formula is C17H33N3. The highest BCUT2D eigenvalue weighted by atomic mass is 15.3. The molecule has 2 N–H and O–H groups in total. The molecule has 0 aliphatic heterocycles. The molecule has 3 nitrogen and oxygen atoms in total. The first-order valence-electron chi connectivity index (χ1n) is 8.42. The van der Waals surface area contributed by atoms with Gasteiger partial charge in [0.05, 0.1) is 5.69 Å². The second-order valence-corrected chi connectivity index (χ2v) is 5.90. The fourth-order valence-electron chi connectivity index (χ4n) is 3.04. The first-order valence-corrected chi connectivity index (χ1v) is 8.42. The van der Waals surface area contributed by atoms with Gasteiger partial charge in [0.15, 0.2) is 0 Å². The lowest BCUT2D eigenvalue weighted by Crippen LogP contribution is -2.15. The summed E-state index contributed by atoms with van der Waals surface area (Å²) in [5.74, 6) is 0.741. The average Bonchev–Trinajstić information content (AvgIpc) is 2.80. The summed E-state index contributed by atoms with van der Waals surface area (Å²) in [4.78, 5) is 0. The van der Waals surface area contributed by atoms with Gasteiger partial charge in [-0.25, -0.2) is 0 Å². The van der Waals surface area contributed by atoms with Crippen LogP contribution < -0.4 is 5.73 Å². The van der Waals surface area contributed by atoms with Crippen molar-refractivity contribution < 1.29 is 0 Å². The molecule has 0 spiro atoms. The van der Waals surface area contributed by atoms with Crippen LogP contribution in [0.5, 0.6) is 0 Å². The van der Waals surface area contributed by atoms with Crippen LogP contribution in [-0.4, -0.2) is 9.78 Å². The highest BCUT2D eigenvalue weighted by Gasteiger charge is 2.19. The van der Waals surface area contributed by atoms with Gasteiger partial charge in [-0.3, -0.25) is 4.68 Å². The summed E-state index contributed by atoms with van der Waals surface area (Å²) in [7, 11) is 0. The molecule has 1 aromatic rings. The fraction of sp³-hybridized carbons (Fsp3) is 0.824. The Morgan fingerprint density at radius 2 is 1.85 bits per heavy atom. The van der Waals surface area contributed by atoms with Crippen molar-refractivity contribution in [2.24, 2.45) is 11.7 Å². The second-order valence-electron chi connectivity index (χ2n) is 5.90. The Balaban J connectivity index is 2.99. The van der Waals surface area contributed by atoms with Crippen LogP contribution >= 0.6 is 0 Å². The van der Waals surface area contributed by atoms with Gasteiger partial charge in [0.2, 0.25) is 0 Å².